The van der Waals surface area contributed by atoms with Crippen molar-refractivity contribution in [3.8, 4) is 5.75 Å². The number of likely N-dealkylation sites (N-methyl/N-ethyl adjacent to an activating group) is 1. The fraction of sp³-hybridized carbons (Fsp3) is 0.642. The molecule has 0 unspecified atom stereocenters. The number of nitrogens with one attached hydrogen (secondary N) is 4. The number of likely N-dealkylation sites (tertiary alicyclic amines) is 1. The molecule has 0 saturated carbocycles. The molecule has 5 amide bonds. The van der Waals surface area contributed by atoms with Crippen LogP contribution in [0.5, 0.6) is 5.75 Å². The maximum Gasteiger partial charge on any atom is 0.408 e. The number of hydrogen-bond acceptors (Lipinski definition) is 13. The second-order valence-corrected chi connectivity index (χ2v) is 20.6. The molecule has 0 radical (unpaired) electrons. The van der Waals surface area contributed by atoms with Crippen molar-refractivity contribution in [2.24, 2.45) is 17.8 Å². The smallest absolute Gasteiger partial charge is 0.408 e. The number of alkyl carbamates (subject to hydrolysis) is 1. The lowest BCUT2D eigenvalue weighted by Crippen LogP contribution is -2.60. The number of hydrogen-bond donors (Lipinski definition) is 5. The summed E-state index contributed by atoms with van der Waals surface area (Å²) in [6.45, 7) is 17.9. The number of aliphatic hydroxyl groups is 1. The number of carbonyl (C=O) groups is 7. The maximum absolute atomic E-state index is 14.3. The number of ether oxygens (including phenoxy) is 4. The molecule has 0 bridgehead atoms. The van der Waals surface area contributed by atoms with Gasteiger partial charge in [0.2, 0.25) is 23.6 Å². The third-order valence-corrected chi connectivity index (χ3v) is 12.5. The van der Waals surface area contributed by atoms with Crippen molar-refractivity contribution in [1.82, 2.24) is 31.1 Å². The van der Waals surface area contributed by atoms with Gasteiger partial charge in [0.1, 0.15) is 54.3 Å². The quantitative estimate of drug-likeness (QED) is 0.0613. The van der Waals surface area contributed by atoms with Gasteiger partial charge in [0.15, 0.2) is 0 Å². The van der Waals surface area contributed by atoms with Crippen LogP contribution in [0.25, 0.3) is 0 Å². The number of carbonyl (C=O) groups excluding carboxylic acids is 7. The van der Waals surface area contributed by atoms with E-state index in [9.17, 15) is 38.7 Å². The predicted octanol–water partition coefficient (Wildman–Crippen LogP) is 5.07. The highest BCUT2D eigenvalue weighted by molar-refractivity contribution is 5.94. The summed E-state index contributed by atoms with van der Waals surface area (Å²) in [6, 6.07) is 10.2. The second-order valence-electron chi connectivity index (χ2n) is 20.6. The zero-order valence-corrected chi connectivity index (χ0v) is 44.2. The fourth-order valence-electron chi connectivity index (χ4n) is 8.15. The van der Waals surface area contributed by atoms with Crippen molar-refractivity contribution in [1.29, 1.82) is 0 Å². The number of methoxy groups -OCH3 is 1. The summed E-state index contributed by atoms with van der Waals surface area (Å²) in [7, 11) is 5.00. The molecule has 9 atom stereocenters. The summed E-state index contributed by atoms with van der Waals surface area (Å²) in [5, 5.41) is 22.6. The molecular formula is C53H82N6O12. The molecule has 2 aromatic rings. The van der Waals surface area contributed by atoms with E-state index in [0.29, 0.717) is 44.4 Å². The van der Waals surface area contributed by atoms with Crippen LogP contribution < -0.4 is 26.0 Å². The van der Waals surface area contributed by atoms with Gasteiger partial charge in [-0.1, -0.05) is 90.4 Å². The minimum Gasteiger partial charge on any atom is -0.497 e. The largest absolute Gasteiger partial charge is 0.497 e. The molecule has 1 heterocycles. The molecule has 18 heteroatoms. The molecule has 1 aliphatic heterocycles. The molecule has 0 aliphatic carbocycles. The van der Waals surface area contributed by atoms with Gasteiger partial charge in [0.05, 0.1) is 25.7 Å². The van der Waals surface area contributed by atoms with E-state index in [1.54, 1.807) is 79.8 Å². The van der Waals surface area contributed by atoms with Crippen molar-refractivity contribution >= 4 is 41.7 Å². The van der Waals surface area contributed by atoms with Crippen LogP contribution in [-0.4, -0.2) is 138 Å². The zero-order valence-electron chi connectivity index (χ0n) is 44.2. The Morgan fingerprint density at radius 3 is 2.01 bits per heavy atom. The molecular weight excluding hydrogens is 913 g/mol. The van der Waals surface area contributed by atoms with E-state index in [-0.39, 0.29) is 18.9 Å². The van der Waals surface area contributed by atoms with E-state index in [1.807, 2.05) is 63.2 Å². The summed E-state index contributed by atoms with van der Waals surface area (Å²) >= 11 is 0. The van der Waals surface area contributed by atoms with Crippen molar-refractivity contribution in [2.45, 2.75) is 175 Å². The molecule has 0 aromatic heterocycles. The number of nitrogens with zero attached hydrogens (tertiary/aromatic N) is 2. The van der Waals surface area contributed by atoms with Crippen LogP contribution in [0.3, 0.4) is 0 Å². The summed E-state index contributed by atoms with van der Waals surface area (Å²) in [5.74, 6) is -3.72. The number of esters is 2. The van der Waals surface area contributed by atoms with Gasteiger partial charge in [-0.2, -0.15) is 0 Å². The molecule has 18 nitrogen and oxygen atoms in total. The SMILES string of the molecule is CC[C@H](C)[C@@H](NC(=O)[C@@H](NC(=O)OC(C)(C)C)[C@@H](C)OC(=O)[C@H](Cc1ccc(OC)cc1)N(C)C)[C@@H](O)CC(=O)N[C@H](C(=O)N[C@@H](CCC(C)C)C(=O)N1CCC[C@H]1C(=O)OCc1ccccc1)C(C)C. The fourth-order valence-corrected chi connectivity index (χ4v) is 8.15. The van der Waals surface area contributed by atoms with Gasteiger partial charge >= 0.3 is 18.0 Å². The Kier molecular flexibility index (Phi) is 23.8. The highest BCUT2D eigenvalue weighted by atomic mass is 16.6. The lowest BCUT2D eigenvalue weighted by molar-refractivity contribution is -0.156. The van der Waals surface area contributed by atoms with Gasteiger partial charge in [0.25, 0.3) is 0 Å². The molecule has 396 valence electrons. The van der Waals surface area contributed by atoms with Gasteiger partial charge in [-0.3, -0.25) is 28.9 Å². The van der Waals surface area contributed by atoms with E-state index in [1.165, 1.54) is 11.8 Å². The highest BCUT2D eigenvalue weighted by Crippen LogP contribution is 2.23. The van der Waals surface area contributed by atoms with Crippen LogP contribution in [0, 0.1) is 17.8 Å². The first kappa shape index (κ1) is 59.6. The van der Waals surface area contributed by atoms with E-state index in [4.69, 9.17) is 18.9 Å². The van der Waals surface area contributed by atoms with Crippen molar-refractivity contribution in [3.63, 3.8) is 0 Å². The minimum atomic E-state index is -1.50. The van der Waals surface area contributed by atoms with Gasteiger partial charge in [-0.15, -0.1) is 0 Å². The molecule has 1 saturated heterocycles. The Bertz CT molecular complexity index is 2040. The van der Waals surface area contributed by atoms with E-state index in [2.05, 4.69) is 21.3 Å². The van der Waals surface area contributed by atoms with Crippen molar-refractivity contribution < 1.29 is 57.6 Å². The van der Waals surface area contributed by atoms with Crippen LogP contribution >= 0.6 is 0 Å². The van der Waals surface area contributed by atoms with Gasteiger partial charge in [0, 0.05) is 6.54 Å². The number of aliphatic hydroxyl groups excluding tert-OH is 1. The zero-order chi connectivity index (χ0) is 53.2. The maximum atomic E-state index is 14.3. The molecule has 3 rings (SSSR count). The minimum absolute atomic E-state index is 0.0632. The third-order valence-electron chi connectivity index (χ3n) is 12.5. The number of amides is 5. The van der Waals surface area contributed by atoms with Crippen LogP contribution in [-0.2, 0) is 56.0 Å². The topological polar surface area (TPSA) is 231 Å². The number of rotatable bonds is 26. The van der Waals surface area contributed by atoms with E-state index >= 15 is 0 Å². The van der Waals surface area contributed by atoms with Crippen molar-refractivity contribution in [3.05, 3.63) is 65.7 Å². The first-order chi connectivity index (χ1) is 33.3. The van der Waals surface area contributed by atoms with Crippen molar-refractivity contribution in [2.75, 3.05) is 27.7 Å². The highest BCUT2D eigenvalue weighted by Gasteiger charge is 2.41. The van der Waals surface area contributed by atoms with Crippen LogP contribution in [0.2, 0.25) is 0 Å². The van der Waals surface area contributed by atoms with Gasteiger partial charge in [-0.25, -0.2) is 9.59 Å². The number of benzene rings is 2. The van der Waals surface area contributed by atoms with Gasteiger partial charge < -0.3 is 50.2 Å². The summed E-state index contributed by atoms with van der Waals surface area (Å²) in [6.07, 6.45) is -1.58. The normalized spacial score (nSPS) is 17.2. The van der Waals surface area contributed by atoms with Crippen LogP contribution in [0.15, 0.2) is 54.6 Å². The molecule has 5 N–H and O–H groups in total. The molecule has 1 fully saturated rings. The first-order valence-electron chi connectivity index (χ1n) is 24.9. The lowest BCUT2D eigenvalue weighted by atomic mass is 9.91. The summed E-state index contributed by atoms with van der Waals surface area (Å²) < 4.78 is 22.2. The molecule has 71 heavy (non-hydrogen) atoms. The second kappa shape index (κ2) is 28.3. The summed E-state index contributed by atoms with van der Waals surface area (Å²) in [5.41, 5.74) is 0.708. The van der Waals surface area contributed by atoms with Crippen LogP contribution in [0.4, 0.5) is 4.79 Å². The van der Waals surface area contributed by atoms with Crippen LogP contribution in [0.1, 0.15) is 119 Å². The van der Waals surface area contributed by atoms with E-state index < -0.39 is 114 Å². The Balaban J connectivity index is 1.78. The Morgan fingerprint density at radius 1 is 0.817 bits per heavy atom. The summed E-state index contributed by atoms with van der Waals surface area (Å²) in [4.78, 5) is 99.7. The third kappa shape index (κ3) is 19.4. The molecule has 2 aromatic carbocycles. The lowest BCUT2D eigenvalue weighted by Gasteiger charge is -2.33. The Morgan fingerprint density at radius 2 is 1.45 bits per heavy atom. The Labute approximate surface area is 421 Å². The Hall–Kier alpha value is -5.75. The average molecular weight is 995 g/mol. The molecule has 1 aliphatic rings. The van der Waals surface area contributed by atoms with E-state index in [0.717, 1.165) is 11.1 Å². The van der Waals surface area contributed by atoms with Gasteiger partial charge in [-0.05, 0) is 115 Å². The predicted molar refractivity (Wildman–Crippen MR) is 269 cm³/mol. The first-order valence-corrected chi connectivity index (χ1v) is 24.9. The average Bonchev–Trinajstić information content (AvgIpc) is 3.81. The monoisotopic (exact) mass is 995 g/mol. The standard InChI is InChI=1S/C53H82N6O12/c1-14-34(6)45(56-48(63)46(57-52(67)71-53(8,9)10)35(7)70-51(66)41(58(11)12)29-36-23-25-38(68-13)26-24-36)42(60)30-43(61)55-44(33(4)5)47(62)54-39(27-22-32(2)3)49(64)59-28-18-21-40(59)50(65)69-31-37-19-16-15-17-20-37/h15-17,19-20,23-26,32-35,39-42,44-46,60H,14,18,21-22,27-31H2,1-13H3,(H,54,62)(H,55,61)(H,56,63)(H,57,67)/t34-,35+,39-,40-,41-,42-,44-,45+,46-/m0/s1. The molecule has 0 spiro atoms.